The van der Waals surface area contributed by atoms with E-state index in [2.05, 4.69) is 16.4 Å². The van der Waals surface area contributed by atoms with Crippen LogP contribution in [0.3, 0.4) is 0 Å². The van der Waals surface area contributed by atoms with E-state index in [0.717, 1.165) is 34.6 Å². The Hall–Kier alpha value is -1.62. The Labute approximate surface area is 136 Å². The maximum Gasteiger partial charge on any atom is 0.185 e. The van der Waals surface area contributed by atoms with Crippen LogP contribution in [0.25, 0.3) is 0 Å². The Kier molecular flexibility index (Phi) is 5.77. The van der Waals surface area contributed by atoms with Crippen LogP contribution in [0, 0.1) is 13.8 Å². The normalized spacial score (nSPS) is 11.2. The topological polar surface area (TPSA) is 80.4 Å². The largest absolute Gasteiger partial charge is 0.507 e. The molecule has 0 saturated carbocycles. The quantitative estimate of drug-likeness (QED) is 0.557. The van der Waals surface area contributed by atoms with Crippen LogP contribution in [-0.2, 0) is 4.74 Å². The number of phenolic OH excluding ortho intramolecular Hbond substituents is 1. The standard InChI is InChI=1S/C15H20N3O2PS/c1-9-6-10(2)13(11(19)7-9)21-8-12-14(16)18-15(22-12)17-4-5-20-3/h6-8,19H,4-5,16H2,1-3H3,(H,17,18). The van der Waals surface area contributed by atoms with Crippen LogP contribution in [-0.4, -0.2) is 36.1 Å². The molecule has 1 heterocycles. The van der Waals surface area contributed by atoms with Crippen LogP contribution in [0.1, 0.15) is 16.0 Å². The van der Waals surface area contributed by atoms with E-state index >= 15 is 0 Å². The first kappa shape index (κ1) is 16.7. The molecule has 1 aromatic heterocycles. The lowest BCUT2D eigenvalue weighted by molar-refractivity contribution is 0.211. The second kappa shape index (κ2) is 7.58. The van der Waals surface area contributed by atoms with Crippen LogP contribution in [0.2, 0.25) is 0 Å². The fraction of sp³-hybridized carbons (Fsp3) is 0.333. The summed E-state index contributed by atoms with van der Waals surface area (Å²) in [5, 5.41) is 14.9. The monoisotopic (exact) mass is 337 g/mol. The molecule has 0 fully saturated rings. The minimum Gasteiger partial charge on any atom is -0.507 e. The highest BCUT2D eigenvalue weighted by Gasteiger charge is 2.07. The van der Waals surface area contributed by atoms with Gasteiger partial charge in [-0.1, -0.05) is 25.6 Å². The molecule has 2 rings (SSSR count). The average molecular weight is 337 g/mol. The molecule has 5 nitrogen and oxygen atoms in total. The smallest absolute Gasteiger partial charge is 0.185 e. The zero-order chi connectivity index (χ0) is 16.1. The molecule has 0 bridgehead atoms. The van der Waals surface area contributed by atoms with Gasteiger partial charge in [0.2, 0.25) is 0 Å². The van der Waals surface area contributed by atoms with Gasteiger partial charge in [-0.25, -0.2) is 4.98 Å². The molecule has 0 spiro atoms. The van der Waals surface area contributed by atoms with E-state index in [1.54, 1.807) is 13.2 Å². The Morgan fingerprint density at radius 1 is 1.45 bits per heavy atom. The number of nitrogens with zero attached hydrogens (tertiary/aromatic N) is 1. The zero-order valence-electron chi connectivity index (χ0n) is 12.9. The molecule has 0 aliphatic carbocycles. The number of nitrogen functional groups attached to an aromatic ring is 1. The summed E-state index contributed by atoms with van der Waals surface area (Å²) in [6.45, 7) is 5.28. The molecule has 0 amide bonds. The van der Waals surface area contributed by atoms with Crippen LogP contribution >= 0.6 is 19.5 Å². The van der Waals surface area contributed by atoms with Gasteiger partial charge in [0.1, 0.15) is 11.6 Å². The van der Waals surface area contributed by atoms with Crippen LogP contribution in [0.15, 0.2) is 12.1 Å². The first-order valence-electron chi connectivity index (χ1n) is 6.84. The number of ether oxygens (including phenoxy) is 1. The van der Waals surface area contributed by atoms with Gasteiger partial charge in [0.05, 0.1) is 11.5 Å². The van der Waals surface area contributed by atoms with E-state index in [0.29, 0.717) is 24.7 Å². The number of aryl methyl sites for hydroxylation is 2. The summed E-state index contributed by atoms with van der Waals surface area (Å²) in [6.07, 6.45) is 0. The number of thiazole rings is 1. The van der Waals surface area contributed by atoms with Crippen molar-refractivity contribution in [2.45, 2.75) is 13.8 Å². The van der Waals surface area contributed by atoms with E-state index in [4.69, 9.17) is 10.5 Å². The summed E-state index contributed by atoms with van der Waals surface area (Å²) in [6, 6.07) is 3.83. The number of aromatic hydroxyl groups is 1. The molecule has 0 aliphatic heterocycles. The number of hydrogen-bond donors (Lipinski definition) is 3. The molecule has 2 aromatic rings. The molecule has 22 heavy (non-hydrogen) atoms. The molecule has 0 unspecified atom stereocenters. The van der Waals surface area contributed by atoms with Crippen molar-refractivity contribution < 1.29 is 9.84 Å². The lowest BCUT2D eigenvalue weighted by Gasteiger charge is -2.04. The van der Waals surface area contributed by atoms with Crippen molar-refractivity contribution >= 4 is 41.6 Å². The number of nitrogens with one attached hydrogen (secondary N) is 1. The van der Waals surface area contributed by atoms with Gasteiger partial charge in [0, 0.05) is 19.0 Å². The summed E-state index contributed by atoms with van der Waals surface area (Å²) < 4.78 is 4.99. The van der Waals surface area contributed by atoms with Gasteiger partial charge in [-0.3, -0.25) is 0 Å². The maximum absolute atomic E-state index is 10.1. The van der Waals surface area contributed by atoms with Gasteiger partial charge < -0.3 is 20.9 Å². The van der Waals surface area contributed by atoms with Crippen molar-refractivity contribution in [3.63, 3.8) is 0 Å². The van der Waals surface area contributed by atoms with Crippen LogP contribution < -0.4 is 16.4 Å². The number of hydrogen-bond acceptors (Lipinski definition) is 6. The van der Waals surface area contributed by atoms with Gasteiger partial charge >= 0.3 is 0 Å². The lowest BCUT2D eigenvalue weighted by atomic mass is 10.1. The average Bonchev–Trinajstić information content (AvgIpc) is 2.78. The third-order valence-electron chi connectivity index (χ3n) is 3.00. The second-order valence-corrected chi connectivity index (χ2v) is 6.89. The number of phenols is 1. The molecule has 1 aromatic carbocycles. The summed E-state index contributed by atoms with van der Waals surface area (Å²) in [7, 11) is 2.56. The summed E-state index contributed by atoms with van der Waals surface area (Å²) in [5.41, 5.74) is 8.06. The van der Waals surface area contributed by atoms with Crippen molar-refractivity contribution in [3.8, 4) is 5.75 Å². The fourth-order valence-electron chi connectivity index (χ4n) is 2.00. The third kappa shape index (κ3) is 4.19. The van der Waals surface area contributed by atoms with Crippen LogP contribution in [0.4, 0.5) is 10.9 Å². The molecular formula is C15H20N3O2PS. The van der Waals surface area contributed by atoms with Gasteiger partial charge in [-0.05, 0) is 36.8 Å². The number of aromatic nitrogens is 1. The molecular weight excluding hydrogens is 317 g/mol. The predicted molar refractivity (Wildman–Crippen MR) is 96.2 cm³/mol. The number of methoxy groups -OCH3 is 1. The maximum atomic E-state index is 10.1. The van der Waals surface area contributed by atoms with Crippen molar-refractivity contribution in [2.24, 2.45) is 0 Å². The summed E-state index contributed by atoms with van der Waals surface area (Å²) in [5.74, 6) is 2.80. The van der Waals surface area contributed by atoms with Gasteiger partial charge in [0.25, 0.3) is 0 Å². The number of nitrogens with two attached hydrogens (primary N) is 1. The Bertz CT molecular complexity index is 662. The van der Waals surface area contributed by atoms with E-state index in [1.165, 1.54) is 11.3 Å². The van der Waals surface area contributed by atoms with Gasteiger partial charge in [-0.2, -0.15) is 0 Å². The molecule has 0 saturated heterocycles. The zero-order valence-corrected chi connectivity index (χ0v) is 14.6. The van der Waals surface area contributed by atoms with E-state index < -0.39 is 0 Å². The lowest BCUT2D eigenvalue weighted by Crippen LogP contribution is -2.07. The minimum atomic E-state index is 0.317. The second-order valence-electron chi connectivity index (χ2n) is 4.90. The molecule has 0 radical (unpaired) electrons. The van der Waals surface area contributed by atoms with Crippen molar-refractivity contribution in [3.05, 3.63) is 28.1 Å². The highest BCUT2D eigenvalue weighted by atomic mass is 32.1. The SMILES string of the molecule is COCCNc1nc(N)c(C=Pc2c(C)cc(C)cc2O)s1. The number of anilines is 2. The fourth-order valence-corrected chi connectivity index (χ4v) is 3.89. The Morgan fingerprint density at radius 2 is 2.23 bits per heavy atom. The molecule has 0 aliphatic rings. The van der Waals surface area contributed by atoms with E-state index in [-0.39, 0.29) is 0 Å². The molecule has 0 atom stereocenters. The van der Waals surface area contributed by atoms with Crippen LogP contribution in [0.5, 0.6) is 5.75 Å². The van der Waals surface area contributed by atoms with Crippen molar-refractivity contribution in [2.75, 3.05) is 31.3 Å². The van der Waals surface area contributed by atoms with E-state index in [1.807, 2.05) is 19.6 Å². The van der Waals surface area contributed by atoms with Crippen molar-refractivity contribution in [1.29, 1.82) is 0 Å². The third-order valence-corrected chi connectivity index (χ3v) is 5.38. The highest BCUT2D eigenvalue weighted by molar-refractivity contribution is 7.49. The Morgan fingerprint density at radius 3 is 2.91 bits per heavy atom. The number of rotatable bonds is 6. The molecule has 7 heteroatoms. The minimum absolute atomic E-state index is 0.317. The molecule has 118 valence electrons. The predicted octanol–water partition coefficient (Wildman–Crippen LogP) is 2.53. The van der Waals surface area contributed by atoms with Gasteiger partial charge in [-0.15, -0.1) is 0 Å². The summed E-state index contributed by atoms with van der Waals surface area (Å²) in [4.78, 5) is 5.19. The first-order chi connectivity index (χ1) is 10.5. The molecule has 4 N–H and O–H groups in total. The first-order valence-corrected chi connectivity index (χ1v) is 8.62. The van der Waals surface area contributed by atoms with Gasteiger partial charge in [0.15, 0.2) is 5.13 Å². The van der Waals surface area contributed by atoms with Crippen molar-refractivity contribution in [1.82, 2.24) is 4.98 Å². The van der Waals surface area contributed by atoms with E-state index in [9.17, 15) is 5.11 Å². The highest BCUT2D eigenvalue weighted by Crippen LogP contribution is 2.25. The number of benzene rings is 1. The Balaban J connectivity index is 2.17. The summed E-state index contributed by atoms with van der Waals surface area (Å²) >= 11 is 1.50.